The Morgan fingerprint density at radius 3 is 1.61 bits per heavy atom. The first-order chi connectivity index (χ1) is 17.8. The summed E-state index contributed by atoms with van der Waals surface area (Å²) in [5, 5.41) is 0.857. The summed E-state index contributed by atoms with van der Waals surface area (Å²) in [4.78, 5) is 13.8. The molecule has 0 aromatic heterocycles. The van der Waals surface area contributed by atoms with E-state index in [-0.39, 0.29) is 33.0 Å². The fourth-order valence-corrected chi connectivity index (χ4v) is 5.69. The average molecular weight is 536 g/mol. The molecule has 4 nitrogen and oxygen atoms in total. The maximum atomic E-state index is 13.8. The summed E-state index contributed by atoms with van der Waals surface area (Å²) in [7, 11) is -0.0821. The van der Waals surface area contributed by atoms with Gasteiger partial charge in [-0.3, -0.25) is 4.79 Å². The molecule has 2 rings (SSSR count). The van der Waals surface area contributed by atoms with Crippen LogP contribution in [0.15, 0.2) is 18.2 Å². The maximum absolute atomic E-state index is 13.8. The first-order valence-corrected chi connectivity index (χ1v) is 15.3. The molecule has 0 saturated carbocycles. The predicted molar refractivity (Wildman–Crippen MR) is 165 cm³/mol. The molecule has 0 spiro atoms. The third kappa shape index (κ3) is 10.6. The van der Waals surface area contributed by atoms with E-state index in [0.717, 1.165) is 97.0 Å². The Bertz CT molecular complexity index is 972. The van der Waals surface area contributed by atoms with Gasteiger partial charge < -0.3 is 14.2 Å². The van der Waals surface area contributed by atoms with Crippen LogP contribution in [-0.4, -0.2) is 44.2 Å². The third-order valence-electron chi connectivity index (χ3n) is 6.89. The second-order valence-electron chi connectivity index (χ2n) is 10.1. The van der Waals surface area contributed by atoms with Gasteiger partial charge in [-0.2, -0.15) is 0 Å². The number of hydrogen-bond donors (Lipinski definition) is 0. The quantitative estimate of drug-likeness (QED) is 0.109. The standard InChI is InChI=1S/C32H49O4P.Li/c1-8-11-14-17-34-27-21-28(35-18-15-12-9-2)31(29(22-27)36-19-16-13-10-3)37-32(33)30-24(5)20-23(4)25(6)26(30)7;/h20-22,37H,8-19H2,1-7H3;. The smallest absolute Gasteiger partial charge is 0.186 e. The Morgan fingerprint density at radius 2 is 1.13 bits per heavy atom. The van der Waals surface area contributed by atoms with E-state index < -0.39 is 0 Å². The third-order valence-corrected chi connectivity index (χ3v) is 8.11. The molecule has 2 aromatic rings. The van der Waals surface area contributed by atoms with E-state index >= 15 is 0 Å². The number of rotatable bonds is 18. The first-order valence-electron chi connectivity index (χ1n) is 14.3. The van der Waals surface area contributed by atoms with Crippen LogP contribution < -0.4 is 19.5 Å². The summed E-state index contributed by atoms with van der Waals surface area (Å²) in [6.45, 7) is 16.8. The summed E-state index contributed by atoms with van der Waals surface area (Å²) in [5.74, 6) is 2.20. The minimum absolute atomic E-state index is 0. The van der Waals surface area contributed by atoms with Crippen molar-refractivity contribution in [2.24, 2.45) is 0 Å². The van der Waals surface area contributed by atoms with Crippen LogP contribution in [0.4, 0.5) is 0 Å². The second-order valence-corrected chi connectivity index (χ2v) is 11.3. The normalized spacial score (nSPS) is 11.0. The molecule has 0 aliphatic rings. The van der Waals surface area contributed by atoms with Crippen LogP contribution in [-0.2, 0) is 0 Å². The molecule has 0 heterocycles. The molecule has 0 saturated heterocycles. The largest absolute Gasteiger partial charge is 0.493 e. The molecule has 0 fully saturated rings. The number of carbonyl (C=O) groups is 1. The van der Waals surface area contributed by atoms with Gasteiger partial charge in [0.05, 0.1) is 25.1 Å². The van der Waals surface area contributed by atoms with E-state index in [2.05, 4.69) is 47.6 Å². The predicted octanol–water partition coefficient (Wildman–Crippen LogP) is 8.39. The van der Waals surface area contributed by atoms with Crippen LogP contribution in [0.5, 0.6) is 17.2 Å². The zero-order valence-corrected chi connectivity index (χ0v) is 26.4. The summed E-state index contributed by atoms with van der Waals surface area (Å²) in [5.41, 5.74) is 5.47. The van der Waals surface area contributed by atoms with Crippen LogP contribution in [0, 0.1) is 27.7 Å². The number of aryl methyl sites for hydroxylation is 2. The van der Waals surface area contributed by atoms with E-state index in [1.807, 2.05) is 19.1 Å². The van der Waals surface area contributed by atoms with Crippen molar-refractivity contribution in [3.05, 3.63) is 46.0 Å². The fourth-order valence-electron chi connectivity index (χ4n) is 4.42. The number of benzene rings is 2. The summed E-state index contributed by atoms with van der Waals surface area (Å²) >= 11 is 0. The van der Waals surface area contributed by atoms with Gasteiger partial charge >= 0.3 is 0 Å². The van der Waals surface area contributed by atoms with Crippen LogP contribution in [0.1, 0.15) is 111 Å². The molecule has 0 aliphatic carbocycles. The van der Waals surface area contributed by atoms with E-state index in [0.29, 0.717) is 19.8 Å². The number of carbonyl (C=O) groups excluding carboxylic acids is 1. The fraction of sp³-hybridized carbons (Fsp3) is 0.594. The SMILES string of the molecule is CCCCCOc1cc(OCCCCC)c(PC(=O)c2c(C)cc(C)c(C)c2C)c(OCCCCC)c1.[Li]. The van der Waals surface area contributed by atoms with Gasteiger partial charge in [-0.1, -0.05) is 65.4 Å². The first kappa shape index (κ1) is 34.6. The van der Waals surface area contributed by atoms with Crippen molar-refractivity contribution in [1.29, 1.82) is 0 Å². The van der Waals surface area contributed by atoms with E-state index in [1.165, 1.54) is 11.1 Å². The Labute approximate surface area is 246 Å². The average Bonchev–Trinajstić information content (AvgIpc) is 2.87. The van der Waals surface area contributed by atoms with Crippen molar-refractivity contribution in [1.82, 2.24) is 0 Å². The van der Waals surface area contributed by atoms with Crippen LogP contribution in [0.2, 0.25) is 0 Å². The van der Waals surface area contributed by atoms with Crippen molar-refractivity contribution in [3.63, 3.8) is 0 Å². The minimum Gasteiger partial charge on any atom is -0.493 e. The van der Waals surface area contributed by atoms with Gasteiger partial charge in [0.15, 0.2) is 5.52 Å². The second kappa shape index (κ2) is 18.8. The molecule has 2 aromatic carbocycles. The van der Waals surface area contributed by atoms with Crippen molar-refractivity contribution < 1.29 is 19.0 Å². The number of ether oxygens (including phenoxy) is 3. The van der Waals surface area contributed by atoms with Crippen molar-refractivity contribution in [2.75, 3.05) is 19.8 Å². The van der Waals surface area contributed by atoms with Crippen LogP contribution in [0.3, 0.4) is 0 Å². The summed E-state index contributed by atoms with van der Waals surface area (Å²) in [6, 6.07) is 6.05. The van der Waals surface area contributed by atoms with Crippen molar-refractivity contribution in [2.45, 2.75) is 106 Å². The van der Waals surface area contributed by atoms with Crippen LogP contribution in [0.25, 0.3) is 0 Å². The molecule has 1 unspecified atom stereocenters. The van der Waals surface area contributed by atoms with Crippen molar-refractivity contribution >= 4 is 38.3 Å². The van der Waals surface area contributed by atoms with Gasteiger partial charge in [-0.25, -0.2) is 0 Å². The van der Waals surface area contributed by atoms with E-state index in [1.54, 1.807) is 0 Å². The molecule has 1 atom stereocenters. The molecule has 38 heavy (non-hydrogen) atoms. The van der Waals surface area contributed by atoms with Gasteiger partial charge in [0, 0.05) is 36.6 Å². The van der Waals surface area contributed by atoms with Crippen LogP contribution >= 0.6 is 8.58 Å². The Balaban J connectivity index is 0.00000722. The van der Waals surface area contributed by atoms with Crippen molar-refractivity contribution in [3.8, 4) is 17.2 Å². The molecular weight excluding hydrogens is 486 g/mol. The van der Waals surface area contributed by atoms with Gasteiger partial charge in [-0.05, 0) is 77.8 Å². The maximum Gasteiger partial charge on any atom is 0.186 e. The van der Waals surface area contributed by atoms with Gasteiger partial charge in [0.2, 0.25) is 0 Å². The monoisotopic (exact) mass is 535 g/mol. The van der Waals surface area contributed by atoms with Gasteiger partial charge in [-0.15, -0.1) is 0 Å². The molecule has 1 radical (unpaired) electrons. The zero-order valence-electron chi connectivity index (χ0n) is 25.4. The molecule has 0 amide bonds. The Kier molecular flexibility index (Phi) is 17.1. The molecular formula is C32H49LiO4P. The summed E-state index contributed by atoms with van der Waals surface area (Å²) < 4.78 is 18.7. The zero-order chi connectivity index (χ0) is 27.2. The minimum atomic E-state index is -0.0821. The van der Waals surface area contributed by atoms with E-state index in [4.69, 9.17) is 14.2 Å². The Morgan fingerprint density at radius 1 is 0.658 bits per heavy atom. The van der Waals surface area contributed by atoms with Gasteiger partial charge in [0.25, 0.3) is 0 Å². The topological polar surface area (TPSA) is 44.8 Å². The molecule has 207 valence electrons. The van der Waals surface area contributed by atoms with E-state index in [9.17, 15) is 4.79 Å². The Hall–Kier alpha value is -1.46. The number of hydrogen-bond acceptors (Lipinski definition) is 4. The number of unbranched alkanes of at least 4 members (excludes halogenated alkanes) is 6. The van der Waals surface area contributed by atoms with Gasteiger partial charge in [0.1, 0.15) is 17.2 Å². The molecule has 0 N–H and O–H groups in total. The summed E-state index contributed by atoms with van der Waals surface area (Å²) in [6.07, 6.45) is 9.78. The molecule has 6 heteroatoms. The molecule has 0 aliphatic heterocycles. The molecule has 0 bridgehead atoms.